The summed E-state index contributed by atoms with van der Waals surface area (Å²) in [7, 11) is 0. The molecule has 1 aromatic carbocycles. The summed E-state index contributed by atoms with van der Waals surface area (Å²) in [5.41, 5.74) is 0.998. The summed E-state index contributed by atoms with van der Waals surface area (Å²) >= 11 is 0. The number of rotatable bonds is 3. The van der Waals surface area contributed by atoms with E-state index in [1.165, 1.54) is 0 Å². The summed E-state index contributed by atoms with van der Waals surface area (Å²) in [5.74, 6) is 0.590. The van der Waals surface area contributed by atoms with Gasteiger partial charge in [0.05, 0.1) is 19.1 Å². The quantitative estimate of drug-likeness (QED) is 0.798. The molecule has 104 valence electrons. The first-order valence-corrected chi connectivity index (χ1v) is 6.52. The fourth-order valence-corrected chi connectivity index (χ4v) is 2.25. The molecule has 0 aliphatic carbocycles. The van der Waals surface area contributed by atoms with Crippen LogP contribution in [0.1, 0.15) is 41.3 Å². The number of benzene rings is 1. The molecule has 3 rings (SSSR count). The van der Waals surface area contributed by atoms with Crippen molar-refractivity contribution in [2.45, 2.75) is 19.3 Å². The smallest absolute Gasteiger partial charge is 0.379 e. The second-order valence-electron chi connectivity index (χ2n) is 4.40. The second-order valence-corrected chi connectivity index (χ2v) is 4.40. The van der Waals surface area contributed by atoms with Gasteiger partial charge in [0.1, 0.15) is 5.75 Å². The van der Waals surface area contributed by atoms with Crippen LogP contribution in [-0.2, 0) is 4.74 Å². The van der Waals surface area contributed by atoms with E-state index in [1.54, 1.807) is 6.92 Å². The Kier molecular flexibility index (Phi) is 3.37. The summed E-state index contributed by atoms with van der Waals surface area (Å²) in [6.45, 7) is 2.59. The number of nitrogens with zero attached hydrogens (tertiary/aromatic N) is 2. The van der Waals surface area contributed by atoms with Crippen molar-refractivity contribution in [1.82, 2.24) is 10.1 Å². The van der Waals surface area contributed by atoms with Crippen molar-refractivity contribution < 1.29 is 18.8 Å². The number of fused-ring (bicyclic) bond motifs is 1. The Morgan fingerprint density at radius 3 is 3.15 bits per heavy atom. The number of hydrogen-bond donors (Lipinski definition) is 0. The maximum atomic E-state index is 11.6. The molecule has 0 radical (unpaired) electrons. The topological polar surface area (TPSA) is 74.5 Å². The van der Waals surface area contributed by atoms with Gasteiger partial charge in [-0.3, -0.25) is 0 Å². The molecule has 20 heavy (non-hydrogen) atoms. The van der Waals surface area contributed by atoms with Gasteiger partial charge in [-0.05, 0) is 24.6 Å². The zero-order valence-corrected chi connectivity index (χ0v) is 11.0. The number of hydrogen-bond acceptors (Lipinski definition) is 6. The summed E-state index contributed by atoms with van der Waals surface area (Å²) in [6, 6.07) is 7.72. The van der Waals surface area contributed by atoms with E-state index in [0.717, 1.165) is 17.7 Å². The third-order valence-electron chi connectivity index (χ3n) is 3.16. The van der Waals surface area contributed by atoms with Crippen LogP contribution in [0.3, 0.4) is 0 Å². The van der Waals surface area contributed by atoms with Gasteiger partial charge in [-0.15, -0.1) is 0 Å². The fourth-order valence-electron chi connectivity index (χ4n) is 2.25. The normalized spacial score (nSPS) is 17.1. The minimum Gasteiger partial charge on any atom is -0.493 e. The third-order valence-corrected chi connectivity index (χ3v) is 3.16. The monoisotopic (exact) mass is 274 g/mol. The number of carbonyl (C=O) groups excluding carboxylic acids is 1. The summed E-state index contributed by atoms with van der Waals surface area (Å²) in [6.07, 6.45) is 0.738. The van der Waals surface area contributed by atoms with Crippen molar-refractivity contribution in [3.05, 3.63) is 41.5 Å². The van der Waals surface area contributed by atoms with Crippen LogP contribution in [0.5, 0.6) is 5.75 Å². The molecule has 0 N–H and O–H groups in total. The van der Waals surface area contributed by atoms with Crippen molar-refractivity contribution in [2.24, 2.45) is 0 Å². The predicted molar refractivity (Wildman–Crippen MR) is 68.7 cm³/mol. The van der Waals surface area contributed by atoms with Gasteiger partial charge in [0.25, 0.3) is 5.82 Å². The highest BCUT2D eigenvalue weighted by Crippen LogP contribution is 2.36. The number of ether oxygens (including phenoxy) is 2. The van der Waals surface area contributed by atoms with Gasteiger partial charge in [-0.2, -0.15) is 4.98 Å². The van der Waals surface area contributed by atoms with E-state index in [9.17, 15) is 4.79 Å². The predicted octanol–water partition coefficient (Wildman–Crippen LogP) is 2.16. The molecule has 6 heteroatoms. The lowest BCUT2D eigenvalue weighted by Crippen LogP contribution is -2.15. The third kappa shape index (κ3) is 2.24. The van der Waals surface area contributed by atoms with Crippen LogP contribution in [0, 0.1) is 0 Å². The lowest BCUT2D eigenvalue weighted by Gasteiger charge is -2.22. The van der Waals surface area contributed by atoms with Crippen molar-refractivity contribution >= 4 is 5.97 Å². The number of carbonyl (C=O) groups is 1. The van der Waals surface area contributed by atoms with E-state index >= 15 is 0 Å². The van der Waals surface area contributed by atoms with Crippen molar-refractivity contribution in [1.29, 1.82) is 0 Å². The number of para-hydroxylation sites is 1. The highest BCUT2D eigenvalue weighted by molar-refractivity contribution is 5.84. The summed E-state index contributed by atoms with van der Waals surface area (Å²) in [5, 5.41) is 3.68. The average molecular weight is 274 g/mol. The number of esters is 1. The standard InChI is InChI=1S/C14H14N2O4/c1-2-18-14(17)12-15-13(20-16-12)10-7-8-19-11-6-4-3-5-9(10)11/h3-6,10H,2,7-8H2,1H3. The fraction of sp³-hybridized carbons (Fsp3) is 0.357. The largest absolute Gasteiger partial charge is 0.493 e. The molecule has 1 aromatic heterocycles. The Morgan fingerprint density at radius 2 is 2.30 bits per heavy atom. The van der Waals surface area contributed by atoms with Gasteiger partial charge < -0.3 is 14.0 Å². The van der Waals surface area contributed by atoms with Gasteiger partial charge in [-0.1, -0.05) is 18.2 Å². The lowest BCUT2D eigenvalue weighted by molar-refractivity contribution is 0.0508. The number of aromatic nitrogens is 2. The van der Waals surface area contributed by atoms with E-state index in [0.29, 0.717) is 12.5 Å². The minimum atomic E-state index is -0.567. The van der Waals surface area contributed by atoms with Gasteiger partial charge in [0.2, 0.25) is 5.89 Å². The summed E-state index contributed by atoms with van der Waals surface area (Å²) < 4.78 is 15.6. The first-order chi connectivity index (χ1) is 9.79. The van der Waals surface area contributed by atoms with Crippen LogP contribution >= 0.6 is 0 Å². The average Bonchev–Trinajstić information content (AvgIpc) is 2.97. The molecule has 0 fully saturated rings. The second kappa shape index (κ2) is 5.32. The zero-order chi connectivity index (χ0) is 13.9. The van der Waals surface area contributed by atoms with E-state index in [2.05, 4.69) is 10.1 Å². The molecule has 1 aliphatic heterocycles. The molecule has 1 aliphatic rings. The highest BCUT2D eigenvalue weighted by atomic mass is 16.5. The molecule has 1 unspecified atom stereocenters. The molecular formula is C14H14N2O4. The van der Waals surface area contributed by atoms with Gasteiger partial charge in [0, 0.05) is 5.56 Å². The van der Waals surface area contributed by atoms with E-state index in [1.807, 2.05) is 24.3 Å². The van der Waals surface area contributed by atoms with Gasteiger partial charge in [0.15, 0.2) is 0 Å². The maximum Gasteiger partial charge on any atom is 0.379 e. The summed E-state index contributed by atoms with van der Waals surface area (Å²) in [4.78, 5) is 15.7. The first kappa shape index (κ1) is 12.7. The first-order valence-electron chi connectivity index (χ1n) is 6.52. The Labute approximate surface area is 115 Å². The van der Waals surface area contributed by atoms with Crippen LogP contribution in [-0.4, -0.2) is 29.3 Å². The Bertz CT molecular complexity index is 623. The Balaban J connectivity index is 1.89. The van der Waals surface area contributed by atoms with Gasteiger partial charge in [-0.25, -0.2) is 4.79 Å². The van der Waals surface area contributed by atoms with E-state index < -0.39 is 5.97 Å². The van der Waals surface area contributed by atoms with E-state index in [-0.39, 0.29) is 18.3 Å². The molecular weight excluding hydrogens is 260 g/mol. The molecule has 2 heterocycles. The lowest BCUT2D eigenvalue weighted by atomic mass is 9.93. The van der Waals surface area contributed by atoms with Crippen LogP contribution in [0.25, 0.3) is 0 Å². The van der Waals surface area contributed by atoms with E-state index in [4.69, 9.17) is 14.0 Å². The van der Waals surface area contributed by atoms with Crippen molar-refractivity contribution in [3.63, 3.8) is 0 Å². The molecule has 0 spiro atoms. The maximum absolute atomic E-state index is 11.6. The Hall–Kier alpha value is -2.37. The van der Waals surface area contributed by atoms with Gasteiger partial charge >= 0.3 is 5.97 Å². The molecule has 0 amide bonds. The molecule has 1 atom stereocenters. The van der Waals surface area contributed by atoms with Crippen LogP contribution in [0.4, 0.5) is 0 Å². The van der Waals surface area contributed by atoms with Crippen molar-refractivity contribution in [2.75, 3.05) is 13.2 Å². The molecule has 0 saturated carbocycles. The molecule has 0 saturated heterocycles. The van der Waals surface area contributed by atoms with Crippen LogP contribution < -0.4 is 4.74 Å². The highest BCUT2D eigenvalue weighted by Gasteiger charge is 2.28. The molecule has 2 aromatic rings. The SMILES string of the molecule is CCOC(=O)c1noc(C2CCOc3ccccc32)n1. The zero-order valence-electron chi connectivity index (χ0n) is 11.0. The molecule has 0 bridgehead atoms. The van der Waals surface area contributed by atoms with Crippen molar-refractivity contribution in [3.8, 4) is 5.75 Å². The van der Waals surface area contributed by atoms with Crippen LogP contribution in [0.15, 0.2) is 28.8 Å². The minimum absolute atomic E-state index is 0.0363. The van der Waals surface area contributed by atoms with Crippen LogP contribution in [0.2, 0.25) is 0 Å². The Morgan fingerprint density at radius 1 is 1.45 bits per heavy atom. The molecule has 6 nitrogen and oxygen atoms in total.